The first kappa shape index (κ1) is 11.5. The van der Waals surface area contributed by atoms with Crippen LogP contribution in [-0.4, -0.2) is 15.0 Å². The summed E-state index contributed by atoms with van der Waals surface area (Å²) in [7, 11) is 0. The van der Waals surface area contributed by atoms with Gasteiger partial charge in [-0.1, -0.05) is 6.07 Å². The lowest BCUT2D eigenvalue weighted by atomic mass is 10.00. The molecule has 0 N–H and O–H groups in total. The molecule has 2 aromatic heterocycles. The van der Waals surface area contributed by atoms with Gasteiger partial charge in [-0.05, 0) is 47.9 Å². The Morgan fingerprint density at radius 3 is 2.26 bits per heavy atom. The highest BCUT2D eigenvalue weighted by atomic mass is 14.8. The van der Waals surface area contributed by atoms with Gasteiger partial charge in [0.15, 0.2) is 0 Å². The standard InChI is InChI=1S/C16H13N3/c1-12-8-14(13-2-4-17-5-3-13)10-15(9-12)16-11-18-6-7-19-16/h2-11H,1H3. The highest BCUT2D eigenvalue weighted by Crippen LogP contribution is 2.26. The molecule has 0 unspecified atom stereocenters. The van der Waals surface area contributed by atoms with E-state index in [1.165, 1.54) is 11.1 Å². The Morgan fingerprint density at radius 2 is 1.53 bits per heavy atom. The molecule has 19 heavy (non-hydrogen) atoms. The average Bonchev–Trinajstić information content (AvgIpc) is 2.48. The van der Waals surface area contributed by atoms with Crippen molar-refractivity contribution in [3.8, 4) is 22.4 Å². The summed E-state index contributed by atoms with van der Waals surface area (Å²) in [6, 6.07) is 10.4. The molecule has 0 atom stereocenters. The van der Waals surface area contributed by atoms with Crippen LogP contribution in [0, 0.1) is 6.92 Å². The van der Waals surface area contributed by atoms with Crippen molar-refractivity contribution in [2.45, 2.75) is 6.92 Å². The molecule has 92 valence electrons. The zero-order valence-electron chi connectivity index (χ0n) is 10.6. The maximum absolute atomic E-state index is 4.35. The number of rotatable bonds is 2. The molecule has 3 aromatic rings. The van der Waals surface area contributed by atoms with E-state index in [9.17, 15) is 0 Å². The van der Waals surface area contributed by atoms with Gasteiger partial charge in [0.05, 0.1) is 11.9 Å². The summed E-state index contributed by atoms with van der Waals surface area (Å²) in [5.41, 5.74) is 5.50. The van der Waals surface area contributed by atoms with Gasteiger partial charge in [0.1, 0.15) is 0 Å². The number of aromatic nitrogens is 3. The van der Waals surface area contributed by atoms with Gasteiger partial charge >= 0.3 is 0 Å². The first-order valence-corrected chi connectivity index (χ1v) is 6.11. The van der Waals surface area contributed by atoms with Gasteiger partial charge in [0.25, 0.3) is 0 Å². The Balaban J connectivity index is 2.12. The molecule has 0 saturated carbocycles. The van der Waals surface area contributed by atoms with E-state index in [4.69, 9.17) is 0 Å². The van der Waals surface area contributed by atoms with E-state index < -0.39 is 0 Å². The van der Waals surface area contributed by atoms with Crippen molar-refractivity contribution in [1.82, 2.24) is 15.0 Å². The largest absolute Gasteiger partial charge is 0.265 e. The maximum Gasteiger partial charge on any atom is 0.0885 e. The molecule has 3 rings (SSSR count). The van der Waals surface area contributed by atoms with Crippen LogP contribution in [0.3, 0.4) is 0 Å². The van der Waals surface area contributed by atoms with Gasteiger partial charge < -0.3 is 0 Å². The molecule has 0 amide bonds. The summed E-state index contributed by atoms with van der Waals surface area (Å²) in [4.78, 5) is 12.5. The second-order valence-electron chi connectivity index (χ2n) is 4.41. The third-order valence-corrected chi connectivity index (χ3v) is 2.95. The second-order valence-corrected chi connectivity index (χ2v) is 4.41. The van der Waals surface area contributed by atoms with E-state index in [1.807, 2.05) is 12.1 Å². The van der Waals surface area contributed by atoms with Crippen LogP contribution in [0.4, 0.5) is 0 Å². The highest BCUT2D eigenvalue weighted by molar-refractivity contribution is 5.71. The molecular weight excluding hydrogens is 234 g/mol. The fourth-order valence-corrected chi connectivity index (χ4v) is 2.09. The van der Waals surface area contributed by atoms with Crippen LogP contribution in [0.2, 0.25) is 0 Å². The number of hydrogen-bond donors (Lipinski definition) is 0. The van der Waals surface area contributed by atoms with Gasteiger partial charge in [-0.2, -0.15) is 0 Å². The molecule has 0 spiro atoms. The molecule has 0 bridgehead atoms. The fourth-order valence-electron chi connectivity index (χ4n) is 2.09. The lowest BCUT2D eigenvalue weighted by Gasteiger charge is -2.07. The zero-order valence-corrected chi connectivity index (χ0v) is 10.6. The van der Waals surface area contributed by atoms with E-state index in [0.29, 0.717) is 0 Å². The maximum atomic E-state index is 4.35. The average molecular weight is 247 g/mol. The monoisotopic (exact) mass is 247 g/mol. The van der Waals surface area contributed by atoms with Crippen LogP contribution >= 0.6 is 0 Å². The quantitative estimate of drug-likeness (QED) is 0.695. The molecule has 3 nitrogen and oxygen atoms in total. The minimum absolute atomic E-state index is 0.890. The molecule has 0 saturated heterocycles. The first-order chi connectivity index (χ1) is 9.33. The number of nitrogens with zero attached hydrogens (tertiary/aromatic N) is 3. The van der Waals surface area contributed by atoms with Gasteiger partial charge in [0.2, 0.25) is 0 Å². The predicted octanol–water partition coefficient (Wildman–Crippen LogP) is 3.51. The SMILES string of the molecule is Cc1cc(-c2ccncc2)cc(-c2cnccn2)c1. The fraction of sp³-hybridized carbons (Fsp3) is 0.0625. The Kier molecular flexibility index (Phi) is 3.02. The van der Waals surface area contributed by atoms with Gasteiger partial charge in [-0.3, -0.25) is 15.0 Å². The normalized spacial score (nSPS) is 10.4. The minimum Gasteiger partial charge on any atom is -0.265 e. The van der Waals surface area contributed by atoms with Crippen molar-refractivity contribution >= 4 is 0 Å². The summed E-state index contributed by atoms with van der Waals surface area (Å²) in [5.74, 6) is 0. The first-order valence-electron chi connectivity index (χ1n) is 6.11. The molecule has 0 aliphatic heterocycles. The highest BCUT2D eigenvalue weighted by Gasteiger charge is 2.04. The Labute approximate surface area is 112 Å². The van der Waals surface area contributed by atoms with Crippen LogP contribution in [0.1, 0.15) is 5.56 Å². The molecule has 3 heteroatoms. The summed E-state index contributed by atoms with van der Waals surface area (Å²) < 4.78 is 0. The topological polar surface area (TPSA) is 38.7 Å². The van der Waals surface area contributed by atoms with Gasteiger partial charge in [-0.25, -0.2) is 0 Å². The van der Waals surface area contributed by atoms with Crippen LogP contribution in [0.5, 0.6) is 0 Å². The van der Waals surface area contributed by atoms with Crippen molar-refractivity contribution < 1.29 is 0 Å². The molecule has 0 radical (unpaired) electrons. The van der Waals surface area contributed by atoms with E-state index in [-0.39, 0.29) is 0 Å². The van der Waals surface area contributed by atoms with Crippen molar-refractivity contribution in [2.75, 3.05) is 0 Å². The number of pyridine rings is 1. The Hall–Kier alpha value is -2.55. The smallest absolute Gasteiger partial charge is 0.0885 e. The van der Waals surface area contributed by atoms with Crippen LogP contribution in [-0.2, 0) is 0 Å². The lowest BCUT2D eigenvalue weighted by molar-refractivity contribution is 1.20. The zero-order chi connectivity index (χ0) is 13.1. The predicted molar refractivity (Wildman–Crippen MR) is 75.4 cm³/mol. The van der Waals surface area contributed by atoms with Crippen molar-refractivity contribution in [2.24, 2.45) is 0 Å². The van der Waals surface area contributed by atoms with Crippen molar-refractivity contribution in [1.29, 1.82) is 0 Å². The Bertz CT molecular complexity index is 621. The van der Waals surface area contributed by atoms with Crippen LogP contribution < -0.4 is 0 Å². The van der Waals surface area contributed by atoms with Crippen molar-refractivity contribution in [3.05, 3.63) is 66.9 Å². The molecule has 1 aromatic carbocycles. The number of benzene rings is 1. The van der Waals surface area contributed by atoms with Crippen molar-refractivity contribution in [3.63, 3.8) is 0 Å². The third kappa shape index (κ3) is 2.50. The minimum atomic E-state index is 0.890. The molecule has 0 aliphatic carbocycles. The van der Waals surface area contributed by atoms with E-state index >= 15 is 0 Å². The van der Waals surface area contributed by atoms with E-state index in [0.717, 1.165) is 16.8 Å². The molecule has 0 aliphatic rings. The number of hydrogen-bond acceptors (Lipinski definition) is 3. The van der Waals surface area contributed by atoms with E-state index in [1.54, 1.807) is 31.0 Å². The summed E-state index contributed by atoms with van der Waals surface area (Å²) in [6.45, 7) is 2.09. The Morgan fingerprint density at radius 1 is 0.737 bits per heavy atom. The molecule has 2 heterocycles. The lowest BCUT2D eigenvalue weighted by Crippen LogP contribution is -1.87. The summed E-state index contributed by atoms with van der Waals surface area (Å²) >= 11 is 0. The van der Waals surface area contributed by atoms with Crippen LogP contribution in [0.25, 0.3) is 22.4 Å². The second kappa shape index (κ2) is 4.98. The molecular formula is C16H13N3. The van der Waals surface area contributed by atoms with Gasteiger partial charge in [0, 0.05) is 30.4 Å². The molecule has 0 fully saturated rings. The number of aryl methyl sites for hydroxylation is 1. The van der Waals surface area contributed by atoms with E-state index in [2.05, 4.69) is 40.1 Å². The third-order valence-electron chi connectivity index (χ3n) is 2.95. The van der Waals surface area contributed by atoms with Crippen LogP contribution in [0.15, 0.2) is 61.3 Å². The summed E-state index contributed by atoms with van der Waals surface area (Å²) in [5, 5.41) is 0. The summed E-state index contributed by atoms with van der Waals surface area (Å²) in [6.07, 6.45) is 8.79. The van der Waals surface area contributed by atoms with Gasteiger partial charge in [-0.15, -0.1) is 0 Å².